The second-order valence-electron chi connectivity index (χ2n) is 5.19. The molecule has 0 unspecified atom stereocenters. The highest BCUT2D eigenvalue weighted by molar-refractivity contribution is 6.31. The second kappa shape index (κ2) is 5.61. The number of carbonyl (C=O) groups is 1. The maximum Gasteiger partial charge on any atom is 0.310 e. The third kappa shape index (κ3) is 3.64. The van der Waals surface area contributed by atoms with E-state index in [1.165, 1.54) is 0 Å². The van der Waals surface area contributed by atoms with Crippen LogP contribution in [-0.4, -0.2) is 17.7 Å². The van der Waals surface area contributed by atoms with E-state index in [-0.39, 0.29) is 23.6 Å². The van der Waals surface area contributed by atoms with Gasteiger partial charge in [0.25, 0.3) is 0 Å². The molecular weight excluding hydrogens is 252 g/mol. The van der Waals surface area contributed by atoms with E-state index in [1.807, 2.05) is 20.8 Å². The zero-order valence-electron chi connectivity index (χ0n) is 11.2. The van der Waals surface area contributed by atoms with E-state index in [4.69, 9.17) is 16.3 Å². The molecule has 0 amide bonds. The SMILES string of the molecule is CCOC(=O)Cc1cc(Cl)c(C(C)(C)C)cc1O. The van der Waals surface area contributed by atoms with Gasteiger partial charge < -0.3 is 9.84 Å². The van der Waals surface area contributed by atoms with Gasteiger partial charge in [-0.05, 0) is 30.0 Å². The largest absolute Gasteiger partial charge is 0.508 e. The predicted octanol–water partition coefficient (Wildman–Crippen LogP) is 3.45. The first-order chi connectivity index (χ1) is 8.25. The van der Waals surface area contributed by atoms with Crippen LogP contribution < -0.4 is 0 Å². The molecule has 0 radical (unpaired) electrons. The summed E-state index contributed by atoms with van der Waals surface area (Å²) < 4.78 is 4.85. The molecule has 18 heavy (non-hydrogen) atoms. The number of carbonyl (C=O) groups excluding carboxylic acids is 1. The van der Waals surface area contributed by atoms with Crippen LogP contribution in [0.15, 0.2) is 12.1 Å². The minimum absolute atomic E-state index is 0.0316. The zero-order chi connectivity index (χ0) is 13.9. The van der Waals surface area contributed by atoms with E-state index in [1.54, 1.807) is 19.1 Å². The van der Waals surface area contributed by atoms with Gasteiger partial charge in [-0.1, -0.05) is 32.4 Å². The summed E-state index contributed by atoms with van der Waals surface area (Å²) in [6, 6.07) is 3.26. The van der Waals surface area contributed by atoms with Crippen LogP contribution in [0.2, 0.25) is 5.02 Å². The van der Waals surface area contributed by atoms with E-state index in [0.29, 0.717) is 17.2 Å². The van der Waals surface area contributed by atoms with Crippen molar-refractivity contribution in [2.24, 2.45) is 0 Å². The maximum absolute atomic E-state index is 11.4. The lowest BCUT2D eigenvalue weighted by Gasteiger charge is -2.21. The van der Waals surface area contributed by atoms with Crippen molar-refractivity contribution >= 4 is 17.6 Å². The second-order valence-corrected chi connectivity index (χ2v) is 5.60. The normalized spacial score (nSPS) is 11.4. The number of ether oxygens (including phenoxy) is 1. The molecule has 0 bridgehead atoms. The summed E-state index contributed by atoms with van der Waals surface area (Å²) in [4.78, 5) is 11.4. The molecule has 1 aromatic rings. The molecule has 0 saturated carbocycles. The lowest BCUT2D eigenvalue weighted by atomic mass is 9.86. The smallest absolute Gasteiger partial charge is 0.310 e. The first-order valence-corrected chi connectivity index (χ1v) is 6.31. The van der Waals surface area contributed by atoms with Crippen molar-refractivity contribution in [1.82, 2.24) is 0 Å². The molecular formula is C14H19ClO3. The Morgan fingerprint density at radius 3 is 2.50 bits per heavy atom. The summed E-state index contributed by atoms with van der Waals surface area (Å²) in [7, 11) is 0. The molecule has 0 atom stereocenters. The molecule has 0 saturated heterocycles. The minimum atomic E-state index is -0.368. The molecule has 0 aromatic heterocycles. The van der Waals surface area contributed by atoms with E-state index < -0.39 is 0 Å². The Hall–Kier alpha value is -1.22. The number of aromatic hydroxyl groups is 1. The molecule has 0 aliphatic heterocycles. The lowest BCUT2D eigenvalue weighted by Crippen LogP contribution is -2.13. The zero-order valence-corrected chi connectivity index (χ0v) is 12.0. The predicted molar refractivity (Wildman–Crippen MR) is 72.2 cm³/mol. The Balaban J connectivity index is 3.04. The summed E-state index contributed by atoms with van der Waals surface area (Å²) in [6.45, 7) is 8.11. The number of phenols is 1. The maximum atomic E-state index is 11.4. The molecule has 0 fully saturated rings. The van der Waals surface area contributed by atoms with Crippen LogP contribution in [0.1, 0.15) is 38.8 Å². The van der Waals surface area contributed by atoms with Gasteiger partial charge in [0.1, 0.15) is 5.75 Å². The van der Waals surface area contributed by atoms with Gasteiger partial charge in [-0.2, -0.15) is 0 Å². The topological polar surface area (TPSA) is 46.5 Å². The van der Waals surface area contributed by atoms with Crippen LogP contribution in [0, 0.1) is 0 Å². The van der Waals surface area contributed by atoms with E-state index in [0.717, 1.165) is 5.56 Å². The molecule has 1 aromatic carbocycles. The number of esters is 1. The van der Waals surface area contributed by atoms with Gasteiger partial charge in [0.05, 0.1) is 13.0 Å². The fourth-order valence-electron chi connectivity index (χ4n) is 1.69. The van der Waals surface area contributed by atoms with Crippen LogP contribution in [0.4, 0.5) is 0 Å². The third-order valence-corrected chi connectivity index (χ3v) is 2.93. The Bertz CT molecular complexity index is 447. The minimum Gasteiger partial charge on any atom is -0.508 e. The summed E-state index contributed by atoms with van der Waals surface area (Å²) in [5.41, 5.74) is 1.19. The first-order valence-electron chi connectivity index (χ1n) is 5.93. The van der Waals surface area contributed by atoms with Crippen LogP contribution in [0.5, 0.6) is 5.75 Å². The fourth-order valence-corrected chi connectivity index (χ4v) is 2.16. The number of rotatable bonds is 3. The van der Waals surface area contributed by atoms with Gasteiger partial charge in [0.2, 0.25) is 0 Å². The average molecular weight is 271 g/mol. The molecule has 1 N–H and O–H groups in total. The standard InChI is InChI=1S/C14H19ClO3/c1-5-18-13(17)7-9-6-11(15)10(8-12(9)16)14(2,3)4/h6,8,16H,5,7H2,1-4H3. The number of hydrogen-bond donors (Lipinski definition) is 1. The molecule has 0 aliphatic rings. The molecule has 3 nitrogen and oxygen atoms in total. The van der Waals surface area contributed by atoms with Crippen molar-refractivity contribution in [1.29, 1.82) is 0 Å². The lowest BCUT2D eigenvalue weighted by molar-refractivity contribution is -0.142. The molecule has 1 rings (SSSR count). The molecule has 4 heteroatoms. The van der Waals surface area contributed by atoms with Crippen LogP contribution in [0.3, 0.4) is 0 Å². The quantitative estimate of drug-likeness (QED) is 0.856. The average Bonchev–Trinajstić information content (AvgIpc) is 2.21. The van der Waals surface area contributed by atoms with Crippen molar-refractivity contribution in [3.8, 4) is 5.75 Å². The van der Waals surface area contributed by atoms with Crippen LogP contribution >= 0.6 is 11.6 Å². The van der Waals surface area contributed by atoms with E-state index >= 15 is 0 Å². The van der Waals surface area contributed by atoms with Crippen molar-refractivity contribution in [2.45, 2.75) is 39.5 Å². The van der Waals surface area contributed by atoms with Crippen LogP contribution in [-0.2, 0) is 21.4 Å². The Morgan fingerprint density at radius 1 is 1.39 bits per heavy atom. The van der Waals surface area contributed by atoms with Crippen LogP contribution in [0.25, 0.3) is 0 Å². The van der Waals surface area contributed by atoms with Gasteiger partial charge in [-0.3, -0.25) is 4.79 Å². The van der Waals surface area contributed by atoms with Gasteiger partial charge >= 0.3 is 5.97 Å². The highest BCUT2D eigenvalue weighted by Gasteiger charge is 2.20. The monoisotopic (exact) mass is 270 g/mol. The number of phenolic OH excluding ortho intramolecular Hbond substituents is 1. The third-order valence-electron chi connectivity index (χ3n) is 2.62. The number of halogens is 1. The summed E-state index contributed by atoms with van der Waals surface area (Å²) >= 11 is 6.18. The summed E-state index contributed by atoms with van der Waals surface area (Å²) in [5, 5.41) is 10.5. The van der Waals surface area contributed by atoms with Crippen molar-refractivity contribution in [3.05, 3.63) is 28.3 Å². The van der Waals surface area contributed by atoms with Gasteiger partial charge in [0.15, 0.2) is 0 Å². The number of benzene rings is 1. The van der Waals surface area contributed by atoms with Gasteiger partial charge in [-0.15, -0.1) is 0 Å². The van der Waals surface area contributed by atoms with Gasteiger partial charge in [0, 0.05) is 10.6 Å². The first kappa shape index (κ1) is 14.8. The summed E-state index contributed by atoms with van der Waals surface area (Å²) in [6.07, 6.45) is 0.0316. The number of hydrogen-bond acceptors (Lipinski definition) is 3. The molecule has 0 heterocycles. The van der Waals surface area contributed by atoms with Crippen molar-refractivity contribution in [3.63, 3.8) is 0 Å². The molecule has 0 aliphatic carbocycles. The molecule has 100 valence electrons. The Labute approximate surface area is 113 Å². The van der Waals surface area contributed by atoms with Gasteiger partial charge in [-0.25, -0.2) is 0 Å². The Kier molecular flexibility index (Phi) is 4.63. The fraction of sp³-hybridized carbons (Fsp3) is 0.500. The van der Waals surface area contributed by atoms with E-state index in [2.05, 4.69) is 0 Å². The van der Waals surface area contributed by atoms with Crippen molar-refractivity contribution in [2.75, 3.05) is 6.61 Å². The Morgan fingerprint density at radius 2 is 2.00 bits per heavy atom. The van der Waals surface area contributed by atoms with Crippen molar-refractivity contribution < 1.29 is 14.6 Å². The molecule has 0 spiro atoms. The summed E-state index contributed by atoms with van der Waals surface area (Å²) in [5.74, 6) is -0.287. The highest BCUT2D eigenvalue weighted by Crippen LogP contribution is 2.34. The highest BCUT2D eigenvalue weighted by atomic mass is 35.5. The van der Waals surface area contributed by atoms with E-state index in [9.17, 15) is 9.90 Å².